The van der Waals surface area contributed by atoms with Crippen LogP contribution in [0.1, 0.15) is 10.5 Å². The molecule has 0 aliphatic carbocycles. The lowest BCUT2D eigenvalue weighted by Crippen LogP contribution is -2.19. The summed E-state index contributed by atoms with van der Waals surface area (Å²) in [4.78, 5) is 13.6. The van der Waals surface area contributed by atoms with Gasteiger partial charge in [-0.3, -0.25) is 4.79 Å². The summed E-state index contributed by atoms with van der Waals surface area (Å²) >= 11 is 0. The Morgan fingerprint density at radius 3 is 2.47 bits per heavy atom. The zero-order chi connectivity index (χ0) is 11.6. The minimum absolute atomic E-state index is 0.376. The number of hydrogen-bond donors (Lipinski definition) is 1. The molecule has 0 radical (unpaired) electrons. The number of alkyl halides is 3. The van der Waals surface area contributed by atoms with Gasteiger partial charge in [0.1, 0.15) is 0 Å². The van der Waals surface area contributed by atoms with Crippen LogP contribution in [0.5, 0.6) is 5.75 Å². The fraction of sp³-hybridized carbons (Fsp3) is 0.143. The van der Waals surface area contributed by atoms with Gasteiger partial charge in [-0.15, -0.1) is 13.2 Å². The number of primary amides is 1. The molecule has 0 spiro atoms. The van der Waals surface area contributed by atoms with Gasteiger partial charge in [0.05, 0.1) is 6.20 Å². The van der Waals surface area contributed by atoms with Crippen molar-refractivity contribution in [3.8, 4) is 5.75 Å². The van der Waals surface area contributed by atoms with Crippen molar-refractivity contribution in [1.29, 1.82) is 0 Å². The molecule has 0 saturated heterocycles. The van der Waals surface area contributed by atoms with Crippen molar-refractivity contribution in [1.82, 2.24) is 4.98 Å². The average molecular weight is 224 g/mol. The number of nitrogens with two attached hydrogens (primary N) is 1. The number of carbonyl (C=O) groups excluding carboxylic acids is 1. The first-order chi connectivity index (χ1) is 6.79. The van der Waals surface area contributed by atoms with Gasteiger partial charge in [-0.25, -0.2) is 9.37 Å². The monoisotopic (exact) mass is 224 g/mol. The standard InChI is InChI=1S/C7H4F4N2O2/c8-4-1-3(15-7(9,10)11)2-13-5(4)6(12)14/h1-2H,(H2,12,14). The Labute approximate surface area is 80.7 Å². The quantitative estimate of drug-likeness (QED) is 0.768. The van der Waals surface area contributed by atoms with Crippen molar-refractivity contribution in [2.45, 2.75) is 6.36 Å². The van der Waals surface area contributed by atoms with Crippen molar-refractivity contribution >= 4 is 5.91 Å². The maximum atomic E-state index is 12.9. The highest BCUT2D eigenvalue weighted by Crippen LogP contribution is 2.22. The van der Waals surface area contributed by atoms with E-state index in [1.807, 2.05) is 0 Å². The summed E-state index contributed by atoms with van der Waals surface area (Å²) in [6, 6.07) is 0.376. The van der Waals surface area contributed by atoms with Crippen LogP contribution in [0.4, 0.5) is 17.6 Å². The van der Waals surface area contributed by atoms with Crippen LogP contribution in [0, 0.1) is 5.82 Å². The van der Waals surface area contributed by atoms with E-state index in [4.69, 9.17) is 0 Å². The van der Waals surface area contributed by atoms with Crippen LogP contribution in [0.25, 0.3) is 0 Å². The topological polar surface area (TPSA) is 65.2 Å². The van der Waals surface area contributed by atoms with Gasteiger partial charge in [-0.1, -0.05) is 0 Å². The molecule has 0 aromatic carbocycles. The fourth-order valence-corrected chi connectivity index (χ4v) is 0.791. The molecule has 2 N–H and O–H groups in total. The zero-order valence-corrected chi connectivity index (χ0v) is 7.01. The molecular weight excluding hydrogens is 220 g/mol. The van der Waals surface area contributed by atoms with E-state index < -0.39 is 29.5 Å². The lowest BCUT2D eigenvalue weighted by atomic mass is 10.3. The van der Waals surface area contributed by atoms with Crippen LogP contribution in [0.15, 0.2) is 12.3 Å². The van der Waals surface area contributed by atoms with E-state index in [9.17, 15) is 22.4 Å². The second-order valence-corrected chi connectivity index (χ2v) is 2.41. The summed E-state index contributed by atoms with van der Waals surface area (Å²) in [6.07, 6.45) is -4.39. The van der Waals surface area contributed by atoms with Crippen molar-refractivity contribution in [2.75, 3.05) is 0 Å². The molecule has 0 atom stereocenters. The number of ether oxygens (including phenoxy) is 1. The second-order valence-electron chi connectivity index (χ2n) is 2.41. The third-order valence-corrected chi connectivity index (χ3v) is 1.28. The van der Waals surface area contributed by atoms with Crippen LogP contribution in [-0.2, 0) is 0 Å². The zero-order valence-electron chi connectivity index (χ0n) is 7.01. The molecule has 0 unspecified atom stereocenters. The molecule has 0 fully saturated rings. The molecule has 0 saturated carbocycles. The predicted molar refractivity (Wildman–Crippen MR) is 39.4 cm³/mol. The number of hydrogen-bond acceptors (Lipinski definition) is 3. The Hall–Kier alpha value is -1.86. The van der Waals surface area contributed by atoms with Gasteiger partial charge in [0.2, 0.25) is 0 Å². The predicted octanol–water partition coefficient (Wildman–Crippen LogP) is 1.22. The number of rotatable bonds is 2. The third kappa shape index (κ3) is 3.08. The first-order valence-corrected chi connectivity index (χ1v) is 3.50. The summed E-state index contributed by atoms with van der Waals surface area (Å²) in [7, 11) is 0. The molecule has 4 nitrogen and oxygen atoms in total. The highest BCUT2D eigenvalue weighted by molar-refractivity contribution is 5.91. The fourth-order valence-electron chi connectivity index (χ4n) is 0.791. The van der Waals surface area contributed by atoms with Crippen molar-refractivity contribution < 1.29 is 27.1 Å². The minimum Gasteiger partial charge on any atom is -0.404 e. The number of pyridine rings is 1. The van der Waals surface area contributed by atoms with Crippen LogP contribution < -0.4 is 10.5 Å². The molecule has 0 aliphatic heterocycles. The summed E-state index contributed by atoms with van der Waals surface area (Å²) in [5.74, 6) is -3.31. The molecule has 8 heteroatoms. The van der Waals surface area contributed by atoms with Crippen molar-refractivity contribution in [3.63, 3.8) is 0 Å². The van der Waals surface area contributed by atoms with Gasteiger partial charge in [0.15, 0.2) is 17.3 Å². The smallest absolute Gasteiger partial charge is 0.404 e. The first kappa shape index (κ1) is 11.2. The van der Waals surface area contributed by atoms with E-state index in [0.717, 1.165) is 0 Å². The normalized spacial score (nSPS) is 11.2. The molecule has 1 aromatic heterocycles. The van der Waals surface area contributed by atoms with Crippen LogP contribution in [-0.4, -0.2) is 17.3 Å². The van der Waals surface area contributed by atoms with E-state index >= 15 is 0 Å². The summed E-state index contributed by atoms with van der Waals surface area (Å²) in [5.41, 5.74) is 3.94. The number of aromatic nitrogens is 1. The number of amides is 1. The maximum absolute atomic E-state index is 12.9. The Kier molecular flexibility index (Phi) is 2.78. The van der Waals surface area contributed by atoms with Crippen LogP contribution in [0.3, 0.4) is 0 Å². The number of halogens is 4. The van der Waals surface area contributed by atoms with E-state index in [2.05, 4.69) is 15.5 Å². The first-order valence-electron chi connectivity index (χ1n) is 3.50. The highest BCUT2D eigenvalue weighted by Gasteiger charge is 2.31. The molecule has 1 amide bonds. The third-order valence-electron chi connectivity index (χ3n) is 1.28. The molecule has 1 rings (SSSR count). The van der Waals surface area contributed by atoms with Gasteiger partial charge >= 0.3 is 6.36 Å². The van der Waals surface area contributed by atoms with Gasteiger partial charge in [-0.2, -0.15) is 0 Å². The van der Waals surface area contributed by atoms with Gasteiger partial charge in [-0.05, 0) is 0 Å². The average Bonchev–Trinajstić information content (AvgIpc) is 1.99. The summed E-state index contributed by atoms with van der Waals surface area (Å²) in [6.45, 7) is 0. The lowest BCUT2D eigenvalue weighted by molar-refractivity contribution is -0.274. The Morgan fingerprint density at radius 1 is 1.47 bits per heavy atom. The maximum Gasteiger partial charge on any atom is 0.573 e. The van der Waals surface area contributed by atoms with Gasteiger partial charge in [0.25, 0.3) is 5.91 Å². The van der Waals surface area contributed by atoms with Gasteiger partial charge < -0.3 is 10.5 Å². The molecule has 82 valence electrons. The van der Waals surface area contributed by atoms with Crippen LogP contribution >= 0.6 is 0 Å². The minimum atomic E-state index is -4.94. The Morgan fingerprint density at radius 2 is 2.07 bits per heavy atom. The largest absolute Gasteiger partial charge is 0.573 e. The molecule has 1 heterocycles. The highest BCUT2D eigenvalue weighted by atomic mass is 19.4. The molecular formula is C7H4F4N2O2. The molecule has 1 aromatic rings. The molecule has 0 bridgehead atoms. The van der Waals surface area contributed by atoms with Crippen LogP contribution in [0.2, 0.25) is 0 Å². The van der Waals surface area contributed by atoms with Gasteiger partial charge in [0, 0.05) is 6.07 Å². The summed E-state index contributed by atoms with van der Waals surface area (Å²) in [5, 5.41) is 0. The SMILES string of the molecule is NC(=O)c1ncc(OC(F)(F)F)cc1F. The van der Waals surface area contributed by atoms with E-state index in [-0.39, 0.29) is 0 Å². The van der Waals surface area contributed by atoms with E-state index in [0.29, 0.717) is 12.3 Å². The molecule has 0 aliphatic rings. The van der Waals surface area contributed by atoms with Crippen molar-refractivity contribution in [2.24, 2.45) is 5.73 Å². The Bertz CT molecular complexity index is 391. The van der Waals surface area contributed by atoms with Crippen molar-refractivity contribution in [3.05, 3.63) is 23.8 Å². The molecule has 15 heavy (non-hydrogen) atoms. The lowest BCUT2D eigenvalue weighted by Gasteiger charge is -2.08. The number of carbonyl (C=O) groups is 1. The summed E-state index contributed by atoms with van der Waals surface area (Å²) < 4.78 is 51.2. The van der Waals surface area contributed by atoms with E-state index in [1.54, 1.807) is 0 Å². The van der Waals surface area contributed by atoms with E-state index in [1.165, 1.54) is 0 Å². The second kappa shape index (κ2) is 3.71. The number of nitrogens with zero attached hydrogens (tertiary/aromatic N) is 1. The Balaban J connectivity index is 2.97.